The average Bonchev–Trinajstić information content (AvgIpc) is 2.95. The first kappa shape index (κ1) is 31.6. The molecule has 0 saturated heterocycles. The Morgan fingerprint density at radius 3 is 2.22 bits per heavy atom. The van der Waals surface area contributed by atoms with Gasteiger partial charge in [0.1, 0.15) is 24.2 Å². The number of halogens is 1. The molecule has 1 N–H and O–H groups in total. The first-order valence-electron chi connectivity index (χ1n) is 13.6. The van der Waals surface area contributed by atoms with E-state index in [0.29, 0.717) is 18.8 Å². The van der Waals surface area contributed by atoms with E-state index in [0.717, 1.165) is 27.6 Å². The Balaban J connectivity index is 2.01. The van der Waals surface area contributed by atoms with Crippen LogP contribution in [0.3, 0.4) is 0 Å². The number of carbonyl (C=O) groups excluding carboxylic acids is 2. The maximum Gasteiger partial charge on any atom is 0.264 e. The number of hydrogen-bond donors (Lipinski definition) is 1. The number of sulfonamides is 1. The van der Waals surface area contributed by atoms with E-state index in [-0.39, 0.29) is 29.1 Å². The Labute approximate surface area is 242 Å². The van der Waals surface area contributed by atoms with Crippen LogP contribution in [0, 0.1) is 12.7 Å². The van der Waals surface area contributed by atoms with Gasteiger partial charge < -0.3 is 15.0 Å². The minimum Gasteiger partial charge on any atom is -0.494 e. The summed E-state index contributed by atoms with van der Waals surface area (Å²) in [4.78, 5) is 28.4. The van der Waals surface area contributed by atoms with Crippen molar-refractivity contribution in [1.82, 2.24) is 10.2 Å². The van der Waals surface area contributed by atoms with E-state index >= 15 is 0 Å². The Hall–Kier alpha value is -3.92. The molecule has 0 aromatic heterocycles. The molecule has 8 nitrogen and oxygen atoms in total. The Morgan fingerprint density at radius 1 is 0.976 bits per heavy atom. The van der Waals surface area contributed by atoms with Crippen LogP contribution in [0.25, 0.3) is 0 Å². The van der Waals surface area contributed by atoms with Crippen molar-refractivity contribution in [2.45, 2.75) is 64.6 Å². The summed E-state index contributed by atoms with van der Waals surface area (Å²) >= 11 is 0. The third kappa shape index (κ3) is 8.29. The van der Waals surface area contributed by atoms with Gasteiger partial charge in [0.2, 0.25) is 11.8 Å². The number of ether oxygens (including phenoxy) is 1. The lowest BCUT2D eigenvalue weighted by Crippen LogP contribution is -2.52. The zero-order chi connectivity index (χ0) is 30.2. The van der Waals surface area contributed by atoms with Crippen LogP contribution >= 0.6 is 0 Å². The van der Waals surface area contributed by atoms with Crippen LogP contribution in [0.4, 0.5) is 10.1 Å². The van der Waals surface area contributed by atoms with Crippen LogP contribution in [0.15, 0.2) is 77.7 Å². The van der Waals surface area contributed by atoms with E-state index in [2.05, 4.69) is 5.32 Å². The highest BCUT2D eigenvalue weighted by atomic mass is 32.2. The molecule has 0 spiro atoms. The fraction of sp³-hybridized carbons (Fsp3) is 0.355. The zero-order valence-corrected chi connectivity index (χ0v) is 24.9. The van der Waals surface area contributed by atoms with Gasteiger partial charge in [0.25, 0.3) is 10.0 Å². The van der Waals surface area contributed by atoms with Gasteiger partial charge in [0, 0.05) is 12.6 Å². The van der Waals surface area contributed by atoms with E-state index in [1.54, 1.807) is 6.92 Å². The van der Waals surface area contributed by atoms with Crippen molar-refractivity contribution < 1.29 is 27.1 Å². The maximum absolute atomic E-state index is 13.9. The van der Waals surface area contributed by atoms with Crippen LogP contribution in [0.5, 0.6) is 5.75 Å². The normalized spacial score (nSPS) is 12.7. The predicted octanol–water partition coefficient (Wildman–Crippen LogP) is 5.06. The number of nitrogens with zero attached hydrogens (tertiary/aromatic N) is 2. The zero-order valence-electron chi connectivity index (χ0n) is 24.1. The van der Waals surface area contributed by atoms with Gasteiger partial charge in [-0.2, -0.15) is 0 Å². The number of anilines is 1. The number of aryl methyl sites for hydroxylation is 1. The first-order chi connectivity index (χ1) is 19.5. The summed E-state index contributed by atoms with van der Waals surface area (Å²) in [6.07, 6.45) is 0.711. The van der Waals surface area contributed by atoms with Gasteiger partial charge >= 0.3 is 0 Å². The van der Waals surface area contributed by atoms with Gasteiger partial charge in [0.05, 0.1) is 17.2 Å². The highest BCUT2D eigenvalue weighted by Gasteiger charge is 2.33. The molecule has 10 heteroatoms. The van der Waals surface area contributed by atoms with Crippen molar-refractivity contribution in [3.05, 3.63) is 89.7 Å². The van der Waals surface area contributed by atoms with Crippen LogP contribution < -0.4 is 14.4 Å². The van der Waals surface area contributed by atoms with Gasteiger partial charge in [-0.3, -0.25) is 13.9 Å². The largest absolute Gasteiger partial charge is 0.494 e. The molecule has 0 aliphatic heterocycles. The van der Waals surface area contributed by atoms with Crippen LogP contribution in [-0.4, -0.2) is 50.4 Å². The molecule has 0 unspecified atom stereocenters. The van der Waals surface area contributed by atoms with Crippen molar-refractivity contribution in [1.29, 1.82) is 0 Å². The second-order valence-electron chi connectivity index (χ2n) is 9.90. The summed E-state index contributed by atoms with van der Waals surface area (Å²) in [6.45, 7) is 9.09. The SMILES string of the molecule is CCOc1ccc(S(=O)(=O)N(CC(=O)N(Cc2cccc(C)c2)[C@H](C)C(=O)N[C@H](C)CC)c2ccc(F)cc2)cc1. The van der Waals surface area contributed by atoms with E-state index in [9.17, 15) is 22.4 Å². The molecule has 0 fully saturated rings. The first-order valence-corrected chi connectivity index (χ1v) is 15.1. The minimum atomic E-state index is -4.27. The topological polar surface area (TPSA) is 96.0 Å². The van der Waals surface area contributed by atoms with Crippen molar-refractivity contribution in [3.8, 4) is 5.75 Å². The Morgan fingerprint density at radius 2 is 1.63 bits per heavy atom. The molecule has 0 bridgehead atoms. The van der Waals surface area contributed by atoms with Gasteiger partial charge in [-0.05, 0) is 88.2 Å². The lowest BCUT2D eigenvalue weighted by molar-refractivity contribution is -0.139. The number of benzene rings is 3. The molecule has 0 saturated carbocycles. The average molecular weight is 584 g/mol. The van der Waals surface area contributed by atoms with Gasteiger partial charge in [-0.1, -0.05) is 36.8 Å². The maximum atomic E-state index is 13.9. The molecule has 3 aromatic carbocycles. The summed E-state index contributed by atoms with van der Waals surface area (Å²) in [6, 6.07) is 17.3. The summed E-state index contributed by atoms with van der Waals surface area (Å²) < 4.78 is 47.9. The summed E-state index contributed by atoms with van der Waals surface area (Å²) in [5.74, 6) is -0.976. The molecule has 0 aliphatic rings. The van der Waals surface area contributed by atoms with Gasteiger partial charge in [0.15, 0.2) is 0 Å². The van der Waals surface area contributed by atoms with Crippen molar-refractivity contribution in [2.75, 3.05) is 17.5 Å². The fourth-order valence-corrected chi connectivity index (χ4v) is 5.61. The molecule has 0 heterocycles. The van der Waals surface area contributed by atoms with E-state index in [1.165, 1.54) is 41.3 Å². The van der Waals surface area contributed by atoms with Crippen LogP contribution in [0.2, 0.25) is 0 Å². The number of rotatable bonds is 13. The molecule has 220 valence electrons. The third-order valence-electron chi connectivity index (χ3n) is 6.72. The van der Waals surface area contributed by atoms with E-state index in [4.69, 9.17) is 4.74 Å². The molecular formula is C31H38FN3O5S. The Kier molecular flexibility index (Phi) is 10.9. The highest BCUT2D eigenvalue weighted by Crippen LogP contribution is 2.26. The van der Waals surface area contributed by atoms with E-state index < -0.39 is 34.3 Å². The van der Waals surface area contributed by atoms with Crippen LogP contribution in [-0.2, 0) is 26.2 Å². The molecule has 2 atom stereocenters. The predicted molar refractivity (Wildman–Crippen MR) is 158 cm³/mol. The lowest BCUT2D eigenvalue weighted by atomic mass is 10.1. The van der Waals surface area contributed by atoms with E-state index in [1.807, 2.05) is 52.0 Å². The van der Waals surface area contributed by atoms with Crippen molar-refractivity contribution >= 4 is 27.5 Å². The van der Waals surface area contributed by atoms with Crippen molar-refractivity contribution in [2.24, 2.45) is 0 Å². The quantitative estimate of drug-likeness (QED) is 0.304. The number of amides is 2. The number of nitrogens with one attached hydrogen (secondary N) is 1. The number of carbonyl (C=O) groups is 2. The molecule has 3 aromatic rings. The lowest BCUT2D eigenvalue weighted by Gasteiger charge is -2.32. The second-order valence-corrected chi connectivity index (χ2v) is 11.8. The molecule has 0 aliphatic carbocycles. The number of hydrogen-bond acceptors (Lipinski definition) is 5. The van der Waals surface area contributed by atoms with Gasteiger partial charge in [-0.15, -0.1) is 0 Å². The van der Waals surface area contributed by atoms with Crippen LogP contribution in [0.1, 0.15) is 45.2 Å². The molecular weight excluding hydrogens is 545 g/mol. The monoisotopic (exact) mass is 583 g/mol. The third-order valence-corrected chi connectivity index (χ3v) is 8.51. The van der Waals surface area contributed by atoms with Gasteiger partial charge in [-0.25, -0.2) is 12.8 Å². The molecule has 41 heavy (non-hydrogen) atoms. The van der Waals surface area contributed by atoms with Crippen molar-refractivity contribution in [3.63, 3.8) is 0 Å². The smallest absolute Gasteiger partial charge is 0.264 e. The highest BCUT2D eigenvalue weighted by molar-refractivity contribution is 7.92. The molecule has 0 radical (unpaired) electrons. The standard InChI is InChI=1S/C31H38FN3O5S/c1-6-23(4)33-31(37)24(5)34(20-25-10-8-9-22(3)19-25)30(36)21-35(27-13-11-26(32)12-14-27)41(38,39)29-17-15-28(16-18-29)40-7-2/h8-19,23-24H,6-7,20-21H2,1-5H3,(H,33,37)/t23-,24-/m1/s1. The molecule has 3 rings (SSSR count). The summed E-state index contributed by atoms with van der Waals surface area (Å²) in [5, 5.41) is 2.91. The fourth-order valence-electron chi connectivity index (χ4n) is 4.19. The molecule has 2 amide bonds. The summed E-state index contributed by atoms with van der Waals surface area (Å²) in [5.41, 5.74) is 1.89. The summed E-state index contributed by atoms with van der Waals surface area (Å²) in [7, 11) is -4.27. The minimum absolute atomic E-state index is 0.0640. The Bertz CT molecular complexity index is 1430. The second kappa shape index (κ2) is 14.1.